The lowest BCUT2D eigenvalue weighted by Crippen LogP contribution is -2.45. The predicted octanol–water partition coefficient (Wildman–Crippen LogP) is 1.39. The van der Waals surface area contributed by atoms with Gasteiger partial charge >= 0.3 is 0 Å². The number of nitrogens with one attached hydrogen (secondary N) is 1. The van der Waals surface area contributed by atoms with Crippen LogP contribution in [0.4, 0.5) is 0 Å². The Kier molecular flexibility index (Phi) is 4.08. The van der Waals surface area contributed by atoms with E-state index < -0.39 is 0 Å². The first kappa shape index (κ1) is 12.0. The summed E-state index contributed by atoms with van der Waals surface area (Å²) in [5, 5.41) is 5.14. The quantitative estimate of drug-likeness (QED) is 0.604. The van der Waals surface area contributed by atoms with Gasteiger partial charge in [-0.05, 0) is 20.8 Å². The molecule has 0 saturated carbocycles. The molecule has 0 amide bonds. The van der Waals surface area contributed by atoms with Crippen LogP contribution in [0.3, 0.4) is 0 Å². The van der Waals surface area contributed by atoms with Crippen molar-refractivity contribution in [2.75, 3.05) is 6.54 Å². The minimum atomic E-state index is -0.0335. The van der Waals surface area contributed by atoms with E-state index in [1.807, 2.05) is 10.9 Å². The third-order valence-electron chi connectivity index (χ3n) is 1.64. The number of rotatable bonds is 3. The maximum Gasteiger partial charge on any atom is 0.188 e. The van der Waals surface area contributed by atoms with Gasteiger partial charge in [0, 0.05) is 23.9 Å². The number of nitrogens with two attached hydrogens (primary N) is 1. The second-order valence-electron chi connectivity index (χ2n) is 4.37. The van der Waals surface area contributed by atoms with E-state index in [1.54, 1.807) is 11.3 Å². The van der Waals surface area contributed by atoms with Crippen LogP contribution in [-0.2, 0) is 6.42 Å². The number of thiazole rings is 1. The van der Waals surface area contributed by atoms with Crippen molar-refractivity contribution in [2.24, 2.45) is 10.7 Å². The van der Waals surface area contributed by atoms with E-state index in [1.165, 1.54) is 0 Å². The Morgan fingerprint density at radius 2 is 2.33 bits per heavy atom. The van der Waals surface area contributed by atoms with Crippen molar-refractivity contribution in [1.29, 1.82) is 0 Å². The lowest BCUT2D eigenvalue weighted by molar-refractivity contribution is 0.508. The second kappa shape index (κ2) is 5.11. The number of aliphatic imine (C=N–C) groups is 1. The molecule has 0 saturated heterocycles. The molecule has 0 aromatic carbocycles. The Morgan fingerprint density at radius 3 is 2.87 bits per heavy atom. The molecule has 0 unspecified atom stereocenters. The number of hydrogen-bond donors (Lipinski definition) is 2. The SMILES string of the molecule is CC(C)(C)NC(N)=NCCc1cscn1. The second-order valence-corrected chi connectivity index (χ2v) is 5.09. The first-order chi connectivity index (χ1) is 6.97. The first-order valence-corrected chi connectivity index (χ1v) is 5.87. The smallest absolute Gasteiger partial charge is 0.188 e. The molecule has 0 radical (unpaired) electrons. The van der Waals surface area contributed by atoms with E-state index in [0.717, 1.165) is 12.1 Å². The van der Waals surface area contributed by atoms with Gasteiger partial charge in [0.2, 0.25) is 0 Å². The summed E-state index contributed by atoms with van der Waals surface area (Å²) in [6.45, 7) is 6.83. The molecular weight excluding hydrogens is 208 g/mol. The van der Waals surface area contributed by atoms with Crippen LogP contribution in [0.2, 0.25) is 0 Å². The van der Waals surface area contributed by atoms with Gasteiger partial charge in [0.15, 0.2) is 5.96 Å². The van der Waals surface area contributed by atoms with E-state index in [9.17, 15) is 0 Å². The van der Waals surface area contributed by atoms with Crippen LogP contribution in [0.25, 0.3) is 0 Å². The van der Waals surface area contributed by atoms with Crippen LogP contribution in [-0.4, -0.2) is 23.0 Å². The average molecular weight is 226 g/mol. The summed E-state index contributed by atoms with van der Waals surface area (Å²) in [5.41, 5.74) is 8.59. The van der Waals surface area contributed by atoms with Crippen LogP contribution in [0.5, 0.6) is 0 Å². The topological polar surface area (TPSA) is 63.3 Å². The van der Waals surface area contributed by atoms with Gasteiger partial charge in [0.1, 0.15) is 0 Å². The number of guanidine groups is 1. The summed E-state index contributed by atoms with van der Waals surface area (Å²) in [5.74, 6) is 0.498. The van der Waals surface area contributed by atoms with Crippen LogP contribution in [0.1, 0.15) is 26.5 Å². The van der Waals surface area contributed by atoms with E-state index in [-0.39, 0.29) is 5.54 Å². The van der Waals surface area contributed by atoms with Gasteiger partial charge in [0.05, 0.1) is 11.2 Å². The zero-order valence-electron chi connectivity index (χ0n) is 9.45. The van der Waals surface area contributed by atoms with Crippen LogP contribution in [0.15, 0.2) is 15.9 Å². The van der Waals surface area contributed by atoms with Crippen LogP contribution in [0, 0.1) is 0 Å². The first-order valence-electron chi connectivity index (χ1n) is 4.92. The molecule has 1 aromatic heterocycles. The molecule has 0 fully saturated rings. The van der Waals surface area contributed by atoms with E-state index >= 15 is 0 Å². The number of aromatic nitrogens is 1. The van der Waals surface area contributed by atoms with Crippen LogP contribution < -0.4 is 11.1 Å². The normalized spacial score (nSPS) is 12.9. The molecule has 0 aliphatic carbocycles. The molecule has 15 heavy (non-hydrogen) atoms. The summed E-state index contributed by atoms with van der Waals surface area (Å²) in [6, 6.07) is 0. The number of nitrogens with zero attached hydrogens (tertiary/aromatic N) is 2. The largest absolute Gasteiger partial charge is 0.370 e. The van der Waals surface area contributed by atoms with Gasteiger partial charge in [-0.1, -0.05) is 0 Å². The molecule has 1 heterocycles. The molecular formula is C10H18N4S. The van der Waals surface area contributed by atoms with Gasteiger partial charge in [-0.25, -0.2) is 4.98 Å². The highest BCUT2D eigenvalue weighted by molar-refractivity contribution is 7.07. The van der Waals surface area contributed by atoms with E-state index in [2.05, 4.69) is 36.1 Å². The van der Waals surface area contributed by atoms with Crippen molar-refractivity contribution in [1.82, 2.24) is 10.3 Å². The fraction of sp³-hybridized carbons (Fsp3) is 0.600. The lowest BCUT2D eigenvalue weighted by atomic mass is 10.1. The molecule has 84 valence electrons. The molecule has 0 bridgehead atoms. The minimum Gasteiger partial charge on any atom is -0.370 e. The monoisotopic (exact) mass is 226 g/mol. The van der Waals surface area contributed by atoms with Crippen LogP contribution >= 0.6 is 11.3 Å². The molecule has 0 spiro atoms. The Morgan fingerprint density at radius 1 is 1.60 bits per heavy atom. The molecule has 3 N–H and O–H groups in total. The fourth-order valence-corrected chi connectivity index (χ4v) is 1.67. The summed E-state index contributed by atoms with van der Waals surface area (Å²) in [4.78, 5) is 8.41. The van der Waals surface area contributed by atoms with E-state index in [0.29, 0.717) is 12.5 Å². The molecule has 0 aliphatic rings. The van der Waals surface area contributed by atoms with E-state index in [4.69, 9.17) is 5.73 Å². The standard InChI is InChI=1S/C10H18N4S/c1-10(2,3)14-9(11)12-5-4-8-6-15-7-13-8/h6-7H,4-5H2,1-3H3,(H3,11,12,14). The predicted molar refractivity (Wildman–Crippen MR) is 65.2 cm³/mol. The molecule has 0 aliphatic heterocycles. The zero-order valence-corrected chi connectivity index (χ0v) is 10.3. The highest BCUT2D eigenvalue weighted by Crippen LogP contribution is 2.01. The molecule has 4 nitrogen and oxygen atoms in total. The number of hydrogen-bond acceptors (Lipinski definition) is 3. The van der Waals surface area contributed by atoms with Gasteiger partial charge in [-0.3, -0.25) is 4.99 Å². The Hall–Kier alpha value is -1.10. The Balaban J connectivity index is 2.32. The van der Waals surface area contributed by atoms with Gasteiger partial charge in [-0.15, -0.1) is 11.3 Å². The molecule has 1 aromatic rings. The summed E-state index contributed by atoms with van der Waals surface area (Å²) in [7, 11) is 0. The third-order valence-corrected chi connectivity index (χ3v) is 2.27. The van der Waals surface area contributed by atoms with Crippen molar-refractivity contribution in [3.05, 3.63) is 16.6 Å². The van der Waals surface area contributed by atoms with Crippen molar-refractivity contribution >= 4 is 17.3 Å². The van der Waals surface area contributed by atoms with Gasteiger partial charge in [-0.2, -0.15) is 0 Å². The average Bonchev–Trinajstić information content (AvgIpc) is 2.53. The van der Waals surface area contributed by atoms with Gasteiger partial charge < -0.3 is 11.1 Å². The minimum absolute atomic E-state index is 0.0335. The van der Waals surface area contributed by atoms with Crippen molar-refractivity contribution in [2.45, 2.75) is 32.7 Å². The molecule has 5 heteroatoms. The lowest BCUT2D eigenvalue weighted by Gasteiger charge is -2.20. The molecule has 0 atom stereocenters. The van der Waals surface area contributed by atoms with Crippen molar-refractivity contribution in [3.63, 3.8) is 0 Å². The summed E-state index contributed by atoms with van der Waals surface area (Å²) in [6.07, 6.45) is 0.843. The highest BCUT2D eigenvalue weighted by atomic mass is 32.1. The highest BCUT2D eigenvalue weighted by Gasteiger charge is 2.09. The van der Waals surface area contributed by atoms with Gasteiger partial charge in [0.25, 0.3) is 0 Å². The Bertz CT molecular complexity index is 311. The maximum absolute atomic E-state index is 5.72. The maximum atomic E-state index is 5.72. The third kappa shape index (κ3) is 5.37. The van der Waals surface area contributed by atoms with Crippen molar-refractivity contribution < 1.29 is 0 Å². The zero-order chi connectivity index (χ0) is 11.3. The fourth-order valence-electron chi connectivity index (χ4n) is 1.08. The summed E-state index contributed by atoms with van der Waals surface area (Å²) < 4.78 is 0. The summed E-state index contributed by atoms with van der Waals surface area (Å²) >= 11 is 1.60. The Labute approximate surface area is 94.6 Å². The van der Waals surface area contributed by atoms with Crippen molar-refractivity contribution in [3.8, 4) is 0 Å². The molecule has 1 rings (SSSR count).